The summed E-state index contributed by atoms with van der Waals surface area (Å²) in [6, 6.07) is 23.7. The number of amides is 2. The van der Waals surface area contributed by atoms with E-state index in [2.05, 4.69) is 68.7 Å². The minimum absolute atomic E-state index is 0.107. The van der Waals surface area contributed by atoms with Crippen LogP contribution in [0.4, 0.5) is 0 Å². The SMILES string of the molecule is CC(CCCCCNC(=O)c1cccc(C(=O)NCCCCCC(C)(c2ccc[nH]2)c2ccc[nH]2)c1)(c1ccc[nH]1)c1ccc[nH]1. The molecule has 8 heteroatoms. The van der Waals surface area contributed by atoms with Gasteiger partial charge in [-0.05, 0) is 106 Å². The highest BCUT2D eigenvalue weighted by Gasteiger charge is 2.31. The van der Waals surface area contributed by atoms with Gasteiger partial charge in [0.15, 0.2) is 0 Å². The number of aromatic nitrogens is 4. The second-order valence-electron chi connectivity index (χ2n) is 12.7. The molecule has 0 bridgehead atoms. The van der Waals surface area contributed by atoms with Crippen LogP contribution in [0, 0.1) is 0 Å². The van der Waals surface area contributed by atoms with Gasteiger partial charge in [-0.15, -0.1) is 0 Å². The van der Waals surface area contributed by atoms with E-state index in [-0.39, 0.29) is 22.6 Å². The molecule has 1 aromatic carbocycles. The Bertz CT molecular complexity index is 1420. The van der Waals surface area contributed by atoms with E-state index < -0.39 is 0 Å². The van der Waals surface area contributed by atoms with Crippen molar-refractivity contribution in [2.24, 2.45) is 0 Å². The lowest BCUT2D eigenvalue weighted by molar-refractivity contribution is 0.0952. The molecule has 0 unspecified atom stereocenters. The van der Waals surface area contributed by atoms with Crippen LogP contribution < -0.4 is 10.6 Å². The topological polar surface area (TPSA) is 121 Å². The van der Waals surface area contributed by atoms with Crippen molar-refractivity contribution in [1.82, 2.24) is 30.6 Å². The van der Waals surface area contributed by atoms with Crippen molar-refractivity contribution >= 4 is 11.8 Å². The molecule has 2 amide bonds. The number of unbranched alkanes of at least 4 members (excludes halogenated alkanes) is 4. The van der Waals surface area contributed by atoms with E-state index in [9.17, 15) is 9.59 Å². The zero-order valence-electron chi connectivity index (χ0n) is 27.1. The van der Waals surface area contributed by atoms with Crippen molar-refractivity contribution in [1.29, 1.82) is 0 Å². The maximum atomic E-state index is 12.9. The second kappa shape index (κ2) is 15.5. The molecule has 4 aromatic heterocycles. The van der Waals surface area contributed by atoms with Crippen LogP contribution in [0.1, 0.15) is 109 Å². The zero-order valence-corrected chi connectivity index (χ0v) is 27.1. The summed E-state index contributed by atoms with van der Waals surface area (Å²) in [7, 11) is 0. The predicted octanol–water partition coefficient (Wildman–Crippen LogP) is 7.59. The molecule has 0 saturated carbocycles. The minimum Gasteiger partial charge on any atom is -0.364 e. The van der Waals surface area contributed by atoms with Gasteiger partial charge in [0.05, 0.1) is 0 Å². The number of carbonyl (C=O) groups excluding carboxylic acids is 2. The fourth-order valence-corrected chi connectivity index (χ4v) is 6.49. The van der Waals surface area contributed by atoms with Crippen LogP contribution >= 0.6 is 0 Å². The van der Waals surface area contributed by atoms with Crippen molar-refractivity contribution in [2.75, 3.05) is 13.1 Å². The summed E-state index contributed by atoms with van der Waals surface area (Å²) in [4.78, 5) is 39.3. The summed E-state index contributed by atoms with van der Waals surface area (Å²) in [5, 5.41) is 6.06. The Kier molecular flexibility index (Phi) is 11.0. The van der Waals surface area contributed by atoms with Crippen LogP contribution in [-0.4, -0.2) is 44.8 Å². The molecule has 242 valence electrons. The van der Waals surface area contributed by atoms with Crippen molar-refractivity contribution in [3.8, 4) is 0 Å². The van der Waals surface area contributed by atoms with Crippen LogP contribution in [0.3, 0.4) is 0 Å². The predicted molar refractivity (Wildman–Crippen MR) is 184 cm³/mol. The van der Waals surface area contributed by atoms with Crippen LogP contribution in [0.2, 0.25) is 0 Å². The summed E-state index contributed by atoms with van der Waals surface area (Å²) in [5.74, 6) is -0.297. The number of H-pyrrole nitrogens is 4. The quantitative estimate of drug-likeness (QED) is 0.0566. The zero-order chi connectivity index (χ0) is 32.2. The van der Waals surface area contributed by atoms with Crippen LogP contribution in [0.25, 0.3) is 0 Å². The van der Waals surface area contributed by atoms with Crippen LogP contribution in [0.5, 0.6) is 0 Å². The standard InChI is InChI=1S/C38H48N6O2/c1-37(31-16-10-24-39-31,32-17-11-25-40-32)20-5-3-7-22-43-35(45)29-14-9-15-30(28-29)36(46)44-23-8-4-6-21-38(2,33-18-12-26-41-33)34-19-13-27-42-34/h9-19,24-28,39-42H,3-8,20-23H2,1-2H3,(H,43,45)(H,44,46). The number of benzene rings is 1. The van der Waals surface area contributed by atoms with Gasteiger partial charge >= 0.3 is 0 Å². The molecule has 0 fully saturated rings. The van der Waals surface area contributed by atoms with Crippen molar-refractivity contribution in [3.05, 3.63) is 131 Å². The average molecular weight is 621 g/mol. The van der Waals surface area contributed by atoms with Gasteiger partial charge in [-0.3, -0.25) is 9.59 Å². The molecule has 0 radical (unpaired) electrons. The smallest absolute Gasteiger partial charge is 0.251 e. The molecule has 0 atom stereocenters. The van der Waals surface area contributed by atoms with Gasteiger partial charge in [0.1, 0.15) is 0 Å². The molecule has 5 aromatic rings. The van der Waals surface area contributed by atoms with E-state index in [0.717, 1.165) is 51.4 Å². The molecule has 0 spiro atoms. The summed E-state index contributed by atoms with van der Waals surface area (Å²) < 4.78 is 0. The number of nitrogens with one attached hydrogen (secondary N) is 6. The molecule has 46 heavy (non-hydrogen) atoms. The molecule has 8 nitrogen and oxygen atoms in total. The number of hydrogen-bond donors (Lipinski definition) is 6. The molecule has 0 aliphatic heterocycles. The third-order valence-electron chi connectivity index (χ3n) is 9.43. The molecule has 0 aliphatic carbocycles. The van der Waals surface area contributed by atoms with Crippen molar-refractivity contribution < 1.29 is 9.59 Å². The van der Waals surface area contributed by atoms with Gasteiger partial charge < -0.3 is 30.6 Å². The van der Waals surface area contributed by atoms with Gasteiger partial charge in [-0.2, -0.15) is 0 Å². The molecule has 4 heterocycles. The molecule has 0 saturated heterocycles. The second-order valence-corrected chi connectivity index (χ2v) is 12.7. The molecule has 6 N–H and O–H groups in total. The Hall–Kier alpha value is -4.72. The summed E-state index contributed by atoms with van der Waals surface area (Å²) >= 11 is 0. The fraction of sp³-hybridized carbons (Fsp3) is 0.368. The lowest BCUT2D eigenvalue weighted by Gasteiger charge is -2.28. The highest BCUT2D eigenvalue weighted by molar-refractivity contribution is 5.99. The Balaban J connectivity index is 1.00. The van der Waals surface area contributed by atoms with E-state index in [1.54, 1.807) is 24.3 Å². The summed E-state index contributed by atoms with van der Waals surface area (Å²) in [6.07, 6.45) is 15.8. The molecular weight excluding hydrogens is 572 g/mol. The average Bonchev–Trinajstić information content (AvgIpc) is 3.91. The fourth-order valence-electron chi connectivity index (χ4n) is 6.49. The van der Waals surface area contributed by atoms with Gasteiger partial charge in [0, 0.05) is 82.6 Å². The summed E-state index contributed by atoms with van der Waals surface area (Å²) in [6.45, 7) is 5.73. The highest BCUT2D eigenvalue weighted by atomic mass is 16.2. The molecular formula is C38H48N6O2. The third kappa shape index (κ3) is 7.91. The Morgan fingerprint density at radius 2 is 0.891 bits per heavy atom. The third-order valence-corrected chi connectivity index (χ3v) is 9.43. The minimum atomic E-state index is -0.149. The first-order chi connectivity index (χ1) is 22.4. The van der Waals surface area contributed by atoms with Gasteiger partial charge in [-0.25, -0.2) is 0 Å². The Labute approximate surface area is 272 Å². The van der Waals surface area contributed by atoms with Crippen molar-refractivity contribution in [3.63, 3.8) is 0 Å². The lowest BCUT2D eigenvalue weighted by atomic mass is 9.78. The number of hydrogen-bond acceptors (Lipinski definition) is 2. The van der Waals surface area contributed by atoms with Gasteiger partial charge in [0.2, 0.25) is 0 Å². The van der Waals surface area contributed by atoms with E-state index >= 15 is 0 Å². The summed E-state index contributed by atoms with van der Waals surface area (Å²) in [5.41, 5.74) is 5.60. The first-order valence-corrected chi connectivity index (χ1v) is 16.6. The largest absolute Gasteiger partial charge is 0.364 e. The Morgan fingerprint density at radius 1 is 0.522 bits per heavy atom. The van der Waals surface area contributed by atoms with Gasteiger partial charge in [0.25, 0.3) is 11.8 Å². The monoisotopic (exact) mass is 620 g/mol. The lowest BCUT2D eigenvalue weighted by Crippen LogP contribution is -2.27. The van der Waals surface area contributed by atoms with Gasteiger partial charge in [-0.1, -0.05) is 31.7 Å². The number of rotatable bonds is 18. The maximum absolute atomic E-state index is 12.9. The first kappa shape index (κ1) is 32.7. The van der Waals surface area contributed by atoms with Crippen LogP contribution in [0.15, 0.2) is 97.6 Å². The highest BCUT2D eigenvalue weighted by Crippen LogP contribution is 2.36. The van der Waals surface area contributed by atoms with E-state index in [1.165, 1.54) is 22.8 Å². The van der Waals surface area contributed by atoms with Crippen LogP contribution in [-0.2, 0) is 10.8 Å². The van der Waals surface area contributed by atoms with E-state index in [1.807, 2.05) is 49.1 Å². The van der Waals surface area contributed by atoms with Crippen molar-refractivity contribution in [2.45, 2.75) is 76.0 Å². The Morgan fingerprint density at radius 3 is 1.22 bits per heavy atom. The first-order valence-electron chi connectivity index (χ1n) is 16.6. The maximum Gasteiger partial charge on any atom is 0.251 e. The normalized spacial score (nSPS) is 11.9. The van der Waals surface area contributed by atoms with E-state index in [4.69, 9.17) is 0 Å². The number of carbonyl (C=O) groups is 2. The van der Waals surface area contributed by atoms with E-state index in [0.29, 0.717) is 24.2 Å². The molecule has 5 rings (SSSR count). The number of aromatic amines is 4. The molecule has 0 aliphatic rings.